The van der Waals surface area contributed by atoms with E-state index >= 15 is 0 Å². The first kappa shape index (κ1) is 12.5. The maximum absolute atomic E-state index is 11.7. The van der Waals surface area contributed by atoms with Gasteiger partial charge in [-0.2, -0.15) is 0 Å². The molecule has 0 aromatic carbocycles. The molecule has 0 saturated heterocycles. The highest BCUT2D eigenvalue weighted by molar-refractivity contribution is 6.32. The summed E-state index contributed by atoms with van der Waals surface area (Å²) in [5.74, 6) is -0.265. The molecule has 2 heterocycles. The Bertz CT molecular complexity index is 555. The van der Waals surface area contributed by atoms with Gasteiger partial charge in [0.1, 0.15) is 6.54 Å². The first-order valence-corrected chi connectivity index (χ1v) is 5.56. The minimum atomic E-state index is -0.265. The van der Waals surface area contributed by atoms with Crippen LogP contribution in [0.25, 0.3) is 0 Å². The molecule has 0 bridgehead atoms. The molecule has 8 heteroatoms. The van der Waals surface area contributed by atoms with Crippen molar-refractivity contribution >= 4 is 23.2 Å². The van der Waals surface area contributed by atoms with Crippen LogP contribution < -0.4 is 11.1 Å². The first-order valence-electron chi connectivity index (χ1n) is 5.18. The molecular weight excluding hydrogens is 256 g/mol. The second-order valence-corrected chi connectivity index (χ2v) is 3.86. The molecule has 7 nitrogen and oxygen atoms in total. The predicted molar refractivity (Wildman–Crippen MR) is 65.8 cm³/mol. The van der Waals surface area contributed by atoms with Crippen LogP contribution in [0.15, 0.2) is 24.5 Å². The lowest BCUT2D eigenvalue weighted by molar-refractivity contribution is -0.116. The number of halogens is 1. The van der Waals surface area contributed by atoms with Crippen molar-refractivity contribution < 1.29 is 4.79 Å². The van der Waals surface area contributed by atoms with Crippen molar-refractivity contribution in [1.29, 1.82) is 0 Å². The van der Waals surface area contributed by atoms with Crippen LogP contribution in [0.4, 0.5) is 5.69 Å². The Balaban J connectivity index is 1.99. The average Bonchev–Trinajstić information content (AvgIpc) is 2.80. The topological polar surface area (TPSA) is 98.7 Å². The van der Waals surface area contributed by atoms with E-state index < -0.39 is 0 Å². The van der Waals surface area contributed by atoms with Gasteiger partial charge in [-0.3, -0.25) is 4.79 Å². The van der Waals surface area contributed by atoms with Crippen molar-refractivity contribution in [2.75, 3.05) is 5.32 Å². The molecule has 0 aliphatic carbocycles. The van der Waals surface area contributed by atoms with E-state index in [1.807, 2.05) is 0 Å². The Morgan fingerprint density at radius 3 is 3.06 bits per heavy atom. The SMILES string of the molecule is NCc1cn(CC(=O)Nc2cccnc2Cl)nn1. The summed E-state index contributed by atoms with van der Waals surface area (Å²) in [5, 5.41) is 10.4. The Labute approximate surface area is 108 Å². The fourth-order valence-corrected chi connectivity index (χ4v) is 1.49. The number of pyridine rings is 1. The molecule has 1 amide bonds. The minimum Gasteiger partial charge on any atom is -0.325 e. The van der Waals surface area contributed by atoms with Gasteiger partial charge >= 0.3 is 0 Å². The summed E-state index contributed by atoms with van der Waals surface area (Å²) in [6.07, 6.45) is 3.16. The summed E-state index contributed by atoms with van der Waals surface area (Å²) in [6, 6.07) is 3.35. The summed E-state index contributed by atoms with van der Waals surface area (Å²) < 4.78 is 1.40. The van der Waals surface area contributed by atoms with Crippen LogP contribution in [-0.4, -0.2) is 25.9 Å². The Morgan fingerprint density at radius 2 is 2.39 bits per heavy atom. The van der Waals surface area contributed by atoms with E-state index in [1.165, 1.54) is 4.68 Å². The van der Waals surface area contributed by atoms with Gasteiger partial charge in [0, 0.05) is 12.7 Å². The lowest BCUT2D eigenvalue weighted by Crippen LogP contribution is -2.19. The highest BCUT2D eigenvalue weighted by atomic mass is 35.5. The molecule has 0 radical (unpaired) electrons. The van der Waals surface area contributed by atoms with E-state index in [0.717, 1.165) is 0 Å². The maximum Gasteiger partial charge on any atom is 0.246 e. The number of carbonyl (C=O) groups is 1. The molecule has 18 heavy (non-hydrogen) atoms. The van der Waals surface area contributed by atoms with Gasteiger partial charge < -0.3 is 11.1 Å². The fourth-order valence-electron chi connectivity index (χ4n) is 1.33. The molecule has 0 atom stereocenters. The van der Waals surface area contributed by atoms with Crippen LogP contribution in [0.1, 0.15) is 5.69 Å². The monoisotopic (exact) mass is 266 g/mol. The van der Waals surface area contributed by atoms with Gasteiger partial charge in [-0.15, -0.1) is 5.10 Å². The molecule has 0 spiro atoms. The lowest BCUT2D eigenvalue weighted by Gasteiger charge is -2.05. The van der Waals surface area contributed by atoms with E-state index in [1.54, 1.807) is 24.5 Å². The lowest BCUT2D eigenvalue weighted by atomic mass is 10.4. The maximum atomic E-state index is 11.7. The van der Waals surface area contributed by atoms with Gasteiger partial charge in [-0.1, -0.05) is 16.8 Å². The number of hydrogen-bond donors (Lipinski definition) is 2. The van der Waals surface area contributed by atoms with Crippen LogP contribution in [0, 0.1) is 0 Å². The van der Waals surface area contributed by atoms with Crippen LogP contribution in [-0.2, 0) is 17.9 Å². The van der Waals surface area contributed by atoms with Gasteiger partial charge in [0.05, 0.1) is 17.6 Å². The number of hydrogen-bond acceptors (Lipinski definition) is 5. The molecule has 2 rings (SSSR count). The van der Waals surface area contributed by atoms with Gasteiger partial charge in [0.25, 0.3) is 0 Å². The highest BCUT2D eigenvalue weighted by Crippen LogP contribution is 2.17. The quantitative estimate of drug-likeness (QED) is 0.782. The molecular formula is C10H11ClN6O. The summed E-state index contributed by atoms with van der Waals surface area (Å²) in [7, 11) is 0. The number of amides is 1. The van der Waals surface area contributed by atoms with Gasteiger partial charge in [-0.05, 0) is 12.1 Å². The van der Waals surface area contributed by atoms with Gasteiger partial charge in [-0.25, -0.2) is 9.67 Å². The smallest absolute Gasteiger partial charge is 0.246 e. The third-order valence-electron chi connectivity index (χ3n) is 2.13. The summed E-state index contributed by atoms with van der Waals surface area (Å²) >= 11 is 5.82. The largest absolute Gasteiger partial charge is 0.325 e. The zero-order valence-corrected chi connectivity index (χ0v) is 10.1. The van der Waals surface area contributed by atoms with Crippen LogP contribution >= 0.6 is 11.6 Å². The van der Waals surface area contributed by atoms with Crippen molar-refractivity contribution in [2.45, 2.75) is 13.1 Å². The fraction of sp³-hybridized carbons (Fsp3) is 0.200. The number of carbonyl (C=O) groups excluding carboxylic acids is 1. The molecule has 94 valence electrons. The molecule has 0 saturated carbocycles. The Morgan fingerprint density at radius 1 is 1.56 bits per heavy atom. The van der Waals surface area contributed by atoms with E-state index in [-0.39, 0.29) is 24.1 Å². The second kappa shape index (κ2) is 5.56. The summed E-state index contributed by atoms with van der Waals surface area (Å²) in [5.41, 5.74) is 6.48. The molecule has 3 N–H and O–H groups in total. The van der Waals surface area contributed by atoms with Gasteiger partial charge in [0.15, 0.2) is 5.15 Å². The van der Waals surface area contributed by atoms with E-state index in [2.05, 4.69) is 20.6 Å². The van der Waals surface area contributed by atoms with Crippen molar-refractivity contribution in [3.63, 3.8) is 0 Å². The summed E-state index contributed by atoms with van der Waals surface area (Å²) in [4.78, 5) is 15.6. The number of aromatic nitrogens is 4. The van der Waals surface area contributed by atoms with Crippen molar-refractivity contribution in [3.05, 3.63) is 35.4 Å². The van der Waals surface area contributed by atoms with Crippen molar-refractivity contribution in [2.24, 2.45) is 5.73 Å². The van der Waals surface area contributed by atoms with Gasteiger partial charge in [0.2, 0.25) is 5.91 Å². The normalized spacial score (nSPS) is 10.3. The third-order valence-corrected chi connectivity index (χ3v) is 2.44. The van der Waals surface area contributed by atoms with E-state index in [4.69, 9.17) is 17.3 Å². The number of nitrogens with two attached hydrogens (primary N) is 1. The highest BCUT2D eigenvalue weighted by Gasteiger charge is 2.08. The Kier molecular flexibility index (Phi) is 3.85. The molecule has 0 aliphatic rings. The van der Waals surface area contributed by atoms with E-state index in [9.17, 15) is 4.79 Å². The number of rotatable bonds is 4. The molecule has 0 aliphatic heterocycles. The molecule has 2 aromatic heterocycles. The molecule has 2 aromatic rings. The second-order valence-electron chi connectivity index (χ2n) is 3.50. The zero-order chi connectivity index (χ0) is 13.0. The first-order chi connectivity index (χ1) is 8.69. The molecule has 0 fully saturated rings. The van der Waals surface area contributed by atoms with Crippen LogP contribution in [0.5, 0.6) is 0 Å². The van der Waals surface area contributed by atoms with Crippen LogP contribution in [0.2, 0.25) is 5.15 Å². The van der Waals surface area contributed by atoms with Crippen molar-refractivity contribution in [3.8, 4) is 0 Å². The predicted octanol–water partition coefficient (Wildman–Crippen LogP) is 0.424. The standard InChI is InChI=1S/C10H11ClN6O/c11-10-8(2-1-3-13-10)14-9(18)6-17-5-7(4-12)15-16-17/h1-3,5H,4,6,12H2,(H,14,18). The molecule has 0 unspecified atom stereocenters. The average molecular weight is 267 g/mol. The summed E-state index contributed by atoms with van der Waals surface area (Å²) in [6.45, 7) is 0.328. The van der Waals surface area contributed by atoms with Crippen LogP contribution in [0.3, 0.4) is 0 Å². The third kappa shape index (κ3) is 3.02. The number of nitrogens with zero attached hydrogens (tertiary/aromatic N) is 4. The van der Waals surface area contributed by atoms with E-state index in [0.29, 0.717) is 11.4 Å². The number of anilines is 1. The van der Waals surface area contributed by atoms with Crippen molar-refractivity contribution in [1.82, 2.24) is 20.0 Å². The zero-order valence-electron chi connectivity index (χ0n) is 9.38. The minimum absolute atomic E-state index is 0.0399. The number of nitrogens with one attached hydrogen (secondary N) is 1. The Hall–Kier alpha value is -1.99.